The summed E-state index contributed by atoms with van der Waals surface area (Å²) in [5.41, 5.74) is 2.04. The van der Waals surface area contributed by atoms with Crippen LogP contribution in [0, 0.1) is 0 Å². The van der Waals surface area contributed by atoms with Crippen molar-refractivity contribution in [2.24, 2.45) is 0 Å². The summed E-state index contributed by atoms with van der Waals surface area (Å²) >= 11 is 0. The molecule has 0 radical (unpaired) electrons. The van der Waals surface area contributed by atoms with Gasteiger partial charge in [0.15, 0.2) is 0 Å². The van der Waals surface area contributed by atoms with Crippen LogP contribution in [0.3, 0.4) is 0 Å². The van der Waals surface area contributed by atoms with E-state index in [0.29, 0.717) is 12.8 Å². The molecule has 1 aliphatic rings. The van der Waals surface area contributed by atoms with Gasteiger partial charge in [0, 0.05) is 19.2 Å². The molecule has 1 atom stereocenters. The lowest BCUT2D eigenvalue weighted by molar-refractivity contribution is -0.141. The summed E-state index contributed by atoms with van der Waals surface area (Å²) in [4.78, 5) is 38.5. The summed E-state index contributed by atoms with van der Waals surface area (Å²) in [7, 11) is 3.04. The SMILES string of the molecule is COC(=O)CNC(=O)CC[C@]1(Cc2ccccc2)C(=O)N(C)c2ccccc21. The van der Waals surface area contributed by atoms with Gasteiger partial charge in [0.25, 0.3) is 0 Å². The zero-order chi connectivity index (χ0) is 20.1. The molecule has 0 unspecified atom stereocenters. The number of nitrogens with zero attached hydrogens (tertiary/aromatic N) is 1. The van der Waals surface area contributed by atoms with Gasteiger partial charge in [0.1, 0.15) is 6.54 Å². The van der Waals surface area contributed by atoms with Crippen LogP contribution in [0.4, 0.5) is 5.69 Å². The minimum atomic E-state index is -0.810. The van der Waals surface area contributed by atoms with Crippen LogP contribution in [0.2, 0.25) is 0 Å². The normalized spacial score (nSPS) is 17.9. The number of likely N-dealkylation sites (N-methyl/N-ethyl adjacent to an activating group) is 1. The van der Waals surface area contributed by atoms with Crippen molar-refractivity contribution in [3.05, 3.63) is 65.7 Å². The highest BCUT2D eigenvalue weighted by Gasteiger charge is 2.49. The zero-order valence-corrected chi connectivity index (χ0v) is 16.1. The van der Waals surface area contributed by atoms with E-state index in [1.54, 1.807) is 11.9 Å². The fourth-order valence-electron chi connectivity index (χ4n) is 3.82. The number of esters is 1. The number of amides is 2. The third-order valence-corrected chi connectivity index (χ3v) is 5.28. The maximum Gasteiger partial charge on any atom is 0.325 e. The van der Waals surface area contributed by atoms with Crippen LogP contribution < -0.4 is 10.2 Å². The molecule has 2 amide bonds. The van der Waals surface area contributed by atoms with E-state index < -0.39 is 11.4 Å². The highest BCUT2D eigenvalue weighted by Crippen LogP contribution is 2.46. The summed E-state index contributed by atoms with van der Waals surface area (Å²) in [5.74, 6) is -0.801. The Morgan fingerprint density at radius 1 is 1.07 bits per heavy atom. The molecule has 0 spiro atoms. The van der Waals surface area contributed by atoms with Crippen molar-refractivity contribution >= 4 is 23.5 Å². The average Bonchev–Trinajstić information content (AvgIpc) is 2.93. The molecule has 0 saturated carbocycles. The molecule has 146 valence electrons. The molecule has 0 bridgehead atoms. The molecule has 3 rings (SSSR count). The van der Waals surface area contributed by atoms with Crippen LogP contribution in [0.1, 0.15) is 24.0 Å². The lowest BCUT2D eigenvalue weighted by Crippen LogP contribution is -2.42. The second kappa shape index (κ2) is 8.25. The van der Waals surface area contributed by atoms with Gasteiger partial charge in [-0.1, -0.05) is 48.5 Å². The Morgan fingerprint density at radius 3 is 2.46 bits per heavy atom. The summed E-state index contributed by atoms with van der Waals surface area (Å²) in [6.07, 6.45) is 1.01. The molecule has 28 heavy (non-hydrogen) atoms. The molecule has 0 aliphatic carbocycles. The molecule has 0 aromatic heterocycles. The molecule has 6 heteroatoms. The maximum atomic E-state index is 13.3. The molecular weight excluding hydrogens is 356 g/mol. The van der Waals surface area contributed by atoms with Gasteiger partial charge in [0.05, 0.1) is 12.5 Å². The number of benzene rings is 2. The van der Waals surface area contributed by atoms with Crippen LogP contribution >= 0.6 is 0 Å². The first-order valence-corrected chi connectivity index (χ1v) is 9.23. The number of ether oxygens (including phenoxy) is 1. The number of nitrogens with one attached hydrogen (secondary N) is 1. The van der Waals surface area contributed by atoms with E-state index in [-0.39, 0.29) is 24.8 Å². The van der Waals surface area contributed by atoms with Crippen LogP contribution in [0.25, 0.3) is 0 Å². The van der Waals surface area contributed by atoms with Gasteiger partial charge in [-0.2, -0.15) is 0 Å². The minimum Gasteiger partial charge on any atom is -0.468 e. The summed E-state index contributed by atoms with van der Waals surface area (Å²) in [5, 5.41) is 2.55. The molecule has 6 nitrogen and oxygen atoms in total. The van der Waals surface area contributed by atoms with Crippen molar-refractivity contribution in [2.75, 3.05) is 25.6 Å². The lowest BCUT2D eigenvalue weighted by Gasteiger charge is -2.28. The van der Waals surface area contributed by atoms with Crippen molar-refractivity contribution in [2.45, 2.75) is 24.7 Å². The van der Waals surface area contributed by atoms with Crippen molar-refractivity contribution in [3.63, 3.8) is 0 Å². The Hall–Kier alpha value is -3.15. The first kappa shape index (κ1) is 19.6. The van der Waals surface area contributed by atoms with Gasteiger partial charge in [0.2, 0.25) is 11.8 Å². The fourth-order valence-corrected chi connectivity index (χ4v) is 3.82. The second-order valence-corrected chi connectivity index (χ2v) is 6.98. The average molecular weight is 380 g/mol. The Kier molecular flexibility index (Phi) is 5.78. The third kappa shape index (κ3) is 3.76. The minimum absolute atomic E-state index is 0.0154. The standard InChI is InChI=1S/C22H24N2O4/c1-24-18-11-7-6-10-17(18)22(21(24)27,14-16-8-4-3-5-9-16)13-12-19(25)23-15-20(26)28-2/h3-11H,12-15H2,1-2H3,(H,23,25)/t22-/m1/s1. The predicted octanol–water partition coefficient (Wildman–Crippen LogP) is 2.21. The van der Waals surface area contributed by atoms with Gasteiger partial charge in [-0.05, 0) is 30.0 Å². The fraction of sp³-hybridized carbons (Fsp3) is 0.318. The lowest BCUT2D eigenvalue weighted by atomic mass is 9.73. The van der Waals surface area contributed by atoms with E-state index in [1.807, 2.05) is 54.6 Å². The topological polar surface area (TPSA) is 75.7 Å². The van der Waals surface area contributed by atoms with Gasteiger partial charge in [-0.3, -0.25) is 14.4 Å². The first-order valence-electron chi connectivity index (χ1n) is 9.23. The summed E-state index contributed by atoms with van der Waals surface area (Å²) < 4.78 is 4.54. The molecule has 2 aromatic rings. The van der Waals surface area contributed by atoms with Crippen molar-refractivity contribution in [1.82, 2.24) is 5.32 Å². The van der Waals surface area contributed by atoms with E-state index in [9.17, 15) is 14.4 Å². The highest BCUT2D eigenvalue weighted by atomic mass is 16.5. The monoisotopic (exact) mass is 380 g/mol. The van der Waals surface area contributed by atoms with Gasteiger partial charge in [-0.25, -0.2) is 0 Å². The van der Waals surface area contributed by atoms with E-state index in [0.717, 1.165) is 16.8 Å². The van der Waals surface area contributed by atoms with E-state index >= 15 is 0 Å². The number of carbonyl (C=O) groups excluding carboxylic acids is 3. The first-order chi connectivity index (χ1) is 13.5. The number of hydrogen-bond donors (Lipinski definition) is 1. The Morgan fingerprint density at radius 2 is 1.75 bits per heavy atom. The van der Waals surface area contributed by atoms with Gasteiger partial charge < -0.3 is 15.0 Å². The largest absolute Gasteiger partial charge is 0.468 e. The molecule has 2 aromatic carbocycles. The number of para-hydroxylation sites is 1. The quantitative estimate of drug-likeness (QED) is 0.748. The van der Waals surface area contributed by atoms with Crippen LogP contribution in [-0.2, 0) is 31.0 Å². The number of methoxy groups -OCH3 is 1. The van der Waals surface area contributed by atoms with Gasteiger partial charge >= 0.3 is 5.97 Å². The van der Waals surface area contributed by atoms with Crippen molar-refractivity contribution < 1.29 is 19.1 Å². The van der Waals surface area contributed by atoms with Gasteiger partial charge in [-0.15, -0.1) is 0 Å². The number of carbonyl (C=O) groups is 3. The second-order valence-electron chi connectivity index (χ2n) is 6.98. The smallest absolute Gasteiger partial charge is 0.325 e. The Bertz CT molecular complexity index is 881. The number of rotatable bonds is 7. The molecule has 1 heterocycles. The van der Waals surface area contributed by atoms with Crippen molar-refractivity contribution in [1.29, 1.82) is 0 Å². The van der Waals surface area contributed by atoms with Crippen LogP contribution in [0.5, 0.6) is 0 Å². The highest BCUT2D eigenvalue weighted by molar-refractivity contribution is 6.08. The predicted molar refractivity (Wildman–Crippen MR) is 106 cm³/mol. The third-order valence-electron chi connectivity index (χ3n) is 5.28. The molecular formula is C22H24N2O4. The number of hydrogen-bond acceptors (Lipinski definition) is 4. The summed E-state index contributed by atoms with van der Waals surface area (Å²) in [6.45, 7) is -0.175. The van der Waals surface area contributed by atoms with E-state index in [1.165, 1.54) is 7.11 Å². The van der Waals surface area contributed by atoms with Crippen molar-refractivity contribution in [3.8, 4) is 0 Å². The number of fused-ring (bicyclic) bond motifs is 1. The molecule has 0 fully saturated rings. The Labute approximate surface area is 164 Å². The zero-order valence-electron chi connectivity index (χ0n) is 16.1. The van der Waals surface area contributed by atoms with E-state index in [4.69, 9.17) is 0 Å². The number of anilines is 1. The molecule has 1 N–H and O–H groups in total. The Balaban J connectivity index is 1.87. The maximum absolute atomic E-state index is 13.3. The van der Waals surface area contributed by atoms with Crippen LogP contribution in [0.15, 0.2) is 54.6 Å². The van der Waals surface area contributed by atoms with E-state index in [2.05, 4.69) is 10.1 Å². The van der Waals surface area contributed by atoms with Crippen LogP contribution in [-0.4, -0.2) is 38.5 Å². The molecule has 0 saturated heterocycles. The summed E-state index contributed by atoms with van der Waals surface area (Å²) in [6, 6.07) is 17.5. The molecule has 1 aliphatic heterocycles.